The number of aliphatic hydroxyl groups excluding tert-OH is 1. The first kappa shape index (κ1) is 56.5. The van der Waals surface area contributed by atoms with Crippen molar-refractivity contribution >= 4 is 74.9 Å². The van der Waals surface area contributed by atoms with Gasteiger partial charge in [-0.15, -0.1) is 11.3 Å². The van der Waals surface area contributed by atoms with Crippen molar-refractivity contribution in [1.29, 1.82) is 0 Å². The SMILES string of the molecule is CNC(=O)COc1cc2cc(Nc3nc(N4CCC(OCCOCCOCCOCC(=O)NC(C(=O)N5C[C@H](O)C[C@H]5C(=O)NCc5ccc(-c6scnc6C)cc5)C(C)(C)C)CC4)ncc3Cl)ccc2n(C)c1=O. The van der Waals surface area contributed by atoms with Crippen LogP contribution in [0.5, 0.6) is 5.75 Å². The lowest BCUT2D eigenvalue weighted by Gasteiger charge is -2.35. The number of carbonyl (C=O) groups is 4. The molecule has 7 rings (SSSR count). The molecule has 5 aromatic rings. The summed E-state index contributed by atoms with van der Waals surface area (Å²) in [4.78, 5) is 83.0. The van der Waals surface area contributed by atoms with E-state index in [0.29, 0.717) is 72.9 Å². The third kappa shape index (κ3) is 15.4. The van der Waals surface area contributed by atoms with Gasteiger partial charge in [0.25, 0.3) is 11.5 Å². The number of fused-ring (bicyclic) bond motifs is 1. The van der Waals surface area contributed by atoms with Gasteiger partial charge in [-0.3, -0.25) is 24.0 Å². The first-order valence-corrected chi connectivity index (χ1v) is 26.2. The van der Waals surface area contributed by atoms with E-state index >= 15 is 0 Å². The highest BCUT2D eigenvalue weighted by atomic mass is 35.5. The lowest BCUT2D eigenvalue weighted by Crippen LogP contribution is -2.58. The number of aliphatic hydroxyl groups is 1. The Morgan fingerprint density at radius 3 is 2.31 bits per heavy atom. The first-order chi connectivity index (χ1) is 36.0. The standard InChI is InChI=1S/C52H67ClN10O11S/c1-32-45(75-31-57-32)34-9-7-33(8-10-34)26-55-48(67)41-25-37(64)28-63(41)50(69)46(52(2,3)4)59-44(66)29-72-20-19-70-17-18-71-21-22-73-38-13-15-62(16-14-38)51-56-27-39(53)47(60-51)58-36-11-12-40-35(23-36)24-42(49(68)61(40)6)74-30-43(65)54-5/h7-12,23-24,27,31,37-38,41,46,64H,13-22,25-26,28-30H2,1-6H3,(H,54,65)(H,55,67)(H,59,66)(H,56,58,60)/t37-,41+,46?/m1/s1. The summed E-state index contributed by atoms with van der Waals surface area (Å²) in [5.41, 5.74) is 4.99. The van der Waals surface area contributed by atoms with Gasteiger partial charge in [0.2, 0.25) is 23.7 Å². The molecule has 5 heterocycles. The lowest BCUT2D eigenvalue weighted by molar-refractivity contribution is -0.144. The Bertz CT molecular complexity index is 2820. The van der Waals surface area contributed by atoms with Crippen molar-refractivity contribution in [2.75, 3.05) is 89.8 Å². The molecule has 3 atom stereocenters. The molecular weight excluding hydrogens is 1010 g/mol. The summed E-state index contributed by atoms with van der Waals surface area (Å²) in [6.07, 6.45) is 2.35. The number of thiazole rings is 1. The third-order valence-electron chi connectivity index (χ3n) is 12.8. The number of amides is 4. The highest BCUT2D eigenvalue weighted by Crippen LogP contribution is 2.31. The number of pyridine rings is 1. The Kier molecular flexibility index (Phi) is 19.9. The summed E-state index contributed by atoms with van der Waals surface area (Å²) in [6.45, 7) is 10.3. The van der Waals surface area contributed by atoms with E-state index in [1.807, 2.05) is 69.6 Å². The van der Waals surface area contributed by atoms with E-state index in [1.54, 1.807) is 36.7 Å². The number of aryl methyl sites for hydroxylation is 2. The number of rotatable bonds is 24. The largest absolute Gasteiger partial charge is 0.478 e. The maximum atomic E-state index is 14.0. The number of benzene rings is 2. The Hall–Kier alpha value is -6.27. The predicted molar refractivity (Wildman–Crippen MR) is 284 cm³/mol. The number of piperidine rings is 1. The van der Waals surface area contributed by atoms with Crippen molar-refractivity contribution in [3.63, 3.8) is 0 Å². The molecule has 0 radical (unpaired) electrons. The quantitative estimate of drug-likeness (QED) is 0.0545. The van der Waals surface area contributed by atoms with Gasteiger partial charge in [0, 0.05) is 57.8 Å². The normalized spacial score (nSPS) is 16.5. The molecule has 404 valence electrons. The molecule has 0 aliphatic carbocycles. The van der Waals surface area contributed by atoms with E-state index < -0.39 is 35.4 Å². The van der Waals surface area contributed by atoms with Gasteiger partial charge in [-0.05, 0) is 60.6 Å². The number of ether oxygens (including phenoxy) is 5. The Balaban J connectivity index is 0.750. The molecule has 0 spiro atoms. The summed E-state index contributed by atoms with van der Waals surface area (Å²) in [7, 11) is 3.13. The Morgan fingerprint density at radius 2 is 1.63 bits per heavy atom. The average molecular weight is 1080 g/mol. The van der Waals surface area contributed by atoms with Crippen LogP contribution in [0.1, 0.15) is 51.3 Å². The second-order valence-electron chi connectivity index (χ2n) is 19.4. The maximum Gasteiger partial charge on any atom is 0.293 e. The maximum absolute atomic E-state index is 14.0. The second-order valence-corrected chi connectivity index (χ2v) is 20.6. The van der Waals surface area contributed by atoms with Crippen molar-refractivity contribution in [2.24, 2.45) is 12.5 Å². The van der Waals surface area contributed by atoms with Crippen molar-refractivity contribution < 1.29 is 48.0 Å². The number of hydrogen-bond acceptors (Lipinski definition) is 17. The van der Waals surface area contributed by atoms with Crippen LogP contribution in [0, 0.1) is 12.3 Å². The van der Waals surface area contributed by atoms with Crippen molar-refractivity contribution in [2.45, 2.75) is 77.8 Å². The molecule has 2 aliphatic heterocycles. The van der Waals surface area contributed by atoms with E-state index in [-0.39, 0.29) is 75.2 Å². The number of nitrogens with zero attached hydrogens (tertiary/aromatic N) is 6. The first-order valence-electron chi connectivity index (χ1n) is 24.9. The van der Waals surface area contributed by atoms with E-state index in [4.69, 9.17) is 40.3 Å². The minimum atomic E-state index is -0.976. The molecule has 5 N–H and O–H groups in total. The molecule has 23 heteroatoms. The molecule has 2 aromatic carbocycles. The van der Waals surface area contributed by atoms with Crippen LogP contribution in [0.3, 0.4) is 0 Å². The van der Waals surface area contributed by atoms with Crippen LogP contribution in [-0.4, -0.2) is 157 Å². The zero-order chi connectivity index (χ0) is 53.6. The summed E-state index contributed by atoms with van der Waals surface area (Å²) >= 11 is 8.09. The molecule has 2 saturated heterocycles. The van der Waals surface area contributed by atoms with Gasteiger partial charge in [0.15, 0.2) is 18.2 Å². The van der Waals surface area contributed by atoms with Gasteiger partial charge in [0.1, 0.15) is 23.7 Å². The fourth-order valence-electron chi connectivity index (χ4n) is 8.67. The van der Waals surface area contributed by atoms with E-state index in [1.165, 1.54) is 16.5 Å². The van der Waals surface area contributed by atoms with Gasteiger partial charge in [-0.1, -0.05) is 56.6 Å². The topological polar surface area (TPSA) is 250 Å². The van der Waals surface area contributed by atoms with Crippen LogP contribution < -0.4 is 36.5 Å². The number of likely N-dealkylation sites (tertiary alicyclic amines) is 1. The molecular formula is C52H67ClN10O11S. The number of halogens is 1. The highest BCUT2D eigenvalue weighted by molar-refractivity contribution is 7.13. The van der Waals surface area contributed by atoms with Crippen molar-refractivity contribution in [3.8, 4) is 16.2 Å². The van der Waals surface area contributed by atoms with Crippen molar-refractivity contribution in [3.05, 3.63) is 86.9 Å². The molecule has 0 bridgehead atoms. The smallest absolute Gasteiger partial charge is 0.293 e. The molecule has 3 aromatic heterocycles. The van der Waals surface area contributed by atoms with Gasteiger partial charge in [-0.2, -0.15) is 4.98 Å². The number of β-amino-alcohol motifs (C(OH)–C–C–N with tert-alkyl or cyclic N) is 1. The fourth-order valence-corrected chi connectivity index (χ4v) is 9.62. The highest BCUT2D eigenvalue weighted by Gasteiger charge is 2.44. The van der Waals surface area contributed by atoms with E-state index in [0.717, 1.165) is 34.5 Å². The molecule has 75 heavy (non-hydrogen) atoms. The van der Waals surface area contributed by atoms with E-state index in [2.05, 4.69) is 36.1 Å². The molecule has 2 aliphatic rings. The monoisotopic (exact) mass is 1070 g/mol. The summed E-state index contributed by atoms with van der Waals surface area (Å²) in [6, 6.07) is 13.0. The summed E-state index contributed by atoms with van der Waals surface area (Å²) in [5.74, 6) is -0.663. The second kappa shape index (κ2) is 26.5. The number of anilines is 3. The third-order valence-corrected chi connectivity index (χ3v) is 14.1. The molecule has 2 fully saturated rings. The van der Waals surface area contributed by atoms with Crippen LogP contribution in [0.25, 0.3) is 21.3 Å². The number of hydrogen-bond donors (Lipinski definition) is 5. The average Bonchev–Trinajstić information content (AvgIpc) is 4.02. The van der Waals surface area contributed by atoms with Crippen LogP contribution in [0.2, 0.25) is 5.02 Å². The molecule has 4 amide bonds. The van der Waals surface area contributed by atoms with Gasteiger partial charge in [-0.25, -0.2) is 9.97 Å². The Labute approximate surface area is 444 Å². The summed E-state index contributed by atoms with van der Waals surface area (Å²) in [5, 5.41) is 23.1. The van der Waals surface area contributed by atoms with Crippen LogP contribution in [0.4, 0.5) is 17.5 Å². The molecule has 21 nitrogen and oxygen atoms in total. The number of carbonyl (C=O) groups excluding carboxylic acids is 4. The number of aromatic nitrogens is 4. The van der Waals surface area contributed by atoms with Gasteiger partial charge < -0.3 is 64.4 Å². The van der Waals surface area contributed by atoms with Crippen LogP contribution in [0.15, 0.2) is 65.0 Å². The fraction of sp³-hybridized carbons (Fsp3) is 0.500. The minimum Gasteiger partial charge on any atom is -0.478 e. The Morgan fingerprint density at radius 1 is 0.920 bits per heavy atom. The summed E-state index contributed by atoms with van der Waals surface area (Å²) < 4.78 is 29.9. The molecule has 0 saturated carbocycles. The van der Waals surface area contributed by atoms with Crippen molar-refractivity contribution in [1.82, 2.24) is 40.4 Å². The van der Waals surface area contributed by atoms with Crippen LogP contribution in [-0.2, 0) is 51.7 Å². The zero-order valence-electron chi connectivity index (χ0n) is 43.2. The van der Waals surface area contributed by atoms with E-state index in [9.17, 15) is 29.1 Å². The molecule has 1 unspecified atom stereocenters. The zero-order valence-corrected chi connectivity index (χ0v) is 44.8. The predicted octanol–water partition coefficient (Wildman–Crippen LogP) is 4.13. The van der Waals surface area contributed by atoms with Crippen LogP contribution >= 0.6 is 22.9 Å². The van der Waals surface area contributed by atoms with Gasteiger partial charge >= 0.3 is 0 Å². The van der Waals surface area contributed by atoms with Gasteiger partial charge in [0.05, 0.1) is 79.6 Å². The lowest BCUT2D eigenvalue weighted by atomic mass is 9.85. The number of nitrogens with one attached hydrogen (secondary N) is 4. The minimum absolute atomic E-state index is 0.0251. The number of likely N-dealkylation sites (N-methyl/N-ethyl adjacent to an activating group) is 1.